The molecule has 0 bridgehead atoms. The fourth-order valence-electron chi connectivity index (χ4n) is 2.43. The predicted molar refractivity (Wildman–Crippen MR) is 90.9 cm³/mol. The van der Waals surface area contributed by atoms with Crippen LogP contribution in [-0.4, -0.2) is 20.8 Å². The normalized spacial score (nSPS) is 11.7. The van der Waals surface area contributed by atoms with E-state index in [1.54, 1.807) is 54.2 Å². The van der Waals surface area contributed by atoms with Crippen molar-refractivity contribution in [1.82, 2.24) is 9.78 Å². The first-order valence-corrected chi connectivity index (χ1v) is 7.23. The minimum absolute atomic E-state index is 0.202. The summed E-state index contributed by atoms with van der Waals surface area (Å²) < 4.78 is 1.59. The lowest BCUT2D eigenvalue weighted by molar-refractivity contribution is -0.112. The Morgan fingerprint density at radius 2 is 1.83 bits per heavy atom. The largest absolute Gasteiger partial charge is 0.504 e. The van der Waals surface area contributed by atoms with Gasteiger partial charge in [0.1, 0.15) is 11.8 Å². The lowest BCUT2D eigenvalue weighted by Crippen LogP contribution is -2.15. The van der Waals surface area contributed by atoms with E-state index >= 15 is 0 Å². The van der Waals surface area contributed by atoms with Crippen molar-refractivity contribution in [2.75, 3.05) is 5.32 Å². The van der Waals surface area contributed by atoms with Crippen molar-refractivity contribution in [2.45, 2.75) is 0 Å². The van der Waals surface area contributed by atoms with E-state index in [1.807, 2.05) is 18.2 Å². The third-order valence-corrected chi connectivity index (χ3v) is 3.59. The summed E-state index contributed by atoms with van der Waals surface area (Å²) in [7, 11) is 1.73. The standard InChI is InChI=1S/C18H14N4O2/c1-22-15-10-6-5-9-13(15)16(21-22)17(23)14(11-19)18(24)20-12-7-3-2-4-8-12/h2-10,23H,1H3,(H,20,24)/b17-14-. The van der Waals surface area contributed by atoms with Crippen molar-refractivity contribution in [1.29, 1.82) is 5.26 Å². The number of nitriles is 1. The molecule has 24 heavy (non-hydrogen) atoms. The van der Waals surface area contributed by atoms with Gasteiger partial charge in [0.25, 0.3) is 5.91 Å². The molecule has 118 valence electrons. The number of benzene rings is 2. The number of rotatable bonds is 3. The van der Waals surface area contributed by atoms with Crippen LogP contribution in [0, 0.1) is 11.3 Å². The maximum Gasteiger partial charge on any atom is 0.270 e. The number of fused-ring (bicyclic) bond motifs is 1. The molecule has 0 aliphatic carbocycles. The summed E-state index contributed by atoms with van der Waals surface area (Å²) in [4.78, 5) is 12.3. The second-order valence-electron chi connectivity index (χ2n) is 5.14. The second-order valence-corrected chi connectivity index (χ2v) is 5.14. The van der Waals surface area contributed by atoms with E-state index in [-0.39, 0.29) is 11.3 Å². The van der Waals surface area contributed by atoms with Gasteiger partial charge in [0, 0.05) is 18.1 Å². The summed E-state index contributed by atoms with van der Waals surface area (Å²) in [6.45, 7) is 0. The maximum atomic E-state index is 12.3. The molecule has 3 rings (SSSR count). The van der Waals surface area contributed by atoms with E-state index in [1.165, 1.54) is 0 Å². The molecule has 0 unspecified atom stereocenters. The van der Waals surface area contributed by atoms with E-state index < -0.39 is 11.7 Å². The first kappa shape index (κ1) is 15.3. The number of hydrogen-bond acceptors (Lipinski definition) is 4. The Labute approximate surface area is 138 Å². The van der Waals surface area contributed by atoms with Crippen molar-refractivity contribution in [3.63, 3.8) is 0 Å². The number of aryl methyl sites for hydroxylation is 1. The number of hydrogen-bond donors (Lipinski definition) is 2. The van der Waals surface area contributed by atoms with Crippen LogP contribution in [-0.2, 0) is 11.8 Å². The highest BCUT2D eigenvalue weighted by Gasteiger charge is 2.21. The number of para-hydroxylation sites is 2. The van der Waals surface area contributed by atoms with E-state index in [0.29, 0.717) is 11.1 Å². The third-order valence-electron chi connectivity index (χ3n) is 3.59. The molecule has 0 aliphatic rings. The van der Waals surface area contributed by atoms with E-state index in [4.69, 9.17) is 0 Å². The molecule has 1 heterocycles. The van der Waals surface area contributed by atoms with Gasteiger partial charge in [0.15, 0.2) is 11.3 Å². The van der Waals surface area contributed by atoms with Gasteiger partial charge in [-0.3, -0.25) is 9.48 Å². The molecular weight excluding hydrogens is 304 g/mol. The van der Waals surface area contributed by atoms with Gasteiger partial charge < -0.3 is 10.4 Å². The molecule has 0 fully saturated rings. The number of nitrogens with one attached hydrogen (secondary N) is 1. The third kappa shape index (κ3) is 2.71. The van der Waals surface area contributed by atoms with Gasteiger partial charge >= 0.3 is 0 Å². The van der Waals surface area contributed by atoms with E-state index in [9.17, 15) is 15.2 Å². The van der Waals surface area contributed by atoms with Gasteiger partial charge in [-0.25, -0.2) is 0 Å². The summed E-state index contributed by atoms with van der Waals surface area (Å²) in [5.41, 5.74) is 1.14. The number of aliphatic hydroxyl groups excluding tert-OH is 1. The van der Waals surface area contributed by atoms with Crippen molar-refractivity contribution in [3.05, 3.63) is 65.9 Å². The van der Waals surface area contributed by atoms with Crippen molar-refractivity contribution < 1.29 is 9.90 Å². The average molecular weight is 318 g/mol. The highest BCUT2D eigenvalue weighted by molar-refractivity contribution is 6.11. The van der Waals surface area contributed by atoms with Crippen LogP contribution in [0.15, 0.2) is 60.2 Å². The zero-order chi connectivity index (χ0) is 17.1. The minimum Gasteiger partial charge on any atom is -0.504 e. The Kier molecular flexibility index (Phi) is 4.00. The first-order chi connectivity index (χ1) is 11.6. The lowest BCUT2D eigenvalue weighted by Gasteiger charge is -2.05. The molecule has 0 spiro atoms. The molecule has 0 atom stereocenters. The van der Waals surface area contributed by atoms with Gasteiger partial charge in [-0.1, -0.05) is 36.4 Å². The zero-order valence-electron chi connectivity index (χ0n) is 12.9. The summed E-state index contributed by atoms with van der Waals surface area (Å²) >= 11 is 0. The fourth-order valence-corrected chi connectivity index (χ4v) is 2.43. The zero-order valence-corrected chi connectivity index (χ0v) is 12.9. The monoisotopic (exact) mass is 318 g/mol. The smallest absolute Gasteiger partial charge is 0.270 e. The highest BCUT2D eigenvalue weighted by atomic mass is 16.3. The predicted octanol–water partition coefficient (Wildman–Crippen LogP) is 3.00. The number of nitrogens with zero attached hydrogens (tertiary/aromatic N) is 3. The molecule has 0 saturated carbocycles. The molecule has 6 nitrogen and oxygen atoms in total. The van der Waals surface area contributed by atoms with E-state index in [0.717, 1.165) is 5.52 Å². The Morgan fingerprint density at radius 3 is 2.54 bits per heavy atom. The average Bonchev–Trinajstić information content (AvgIpc) is 2.94. The Balaban J connectivity index is 2.04. The van der Waals surface area contributed by atoms with E-state index in [2.05, 4.69) is 10.4 Å². The van der Waals surface area contributed by atoms with Gasteiger partial charge in [-0.05, 0) is 18.2 Å². The van der Waals surface area contributed by atoms with Gasteiger partial charge in [-0.15, -0.1) is 0 Å². The quantitative estimate of drug-likeness (QED) is 0.441. The van der Waals surface area contributed by atoms with Crippen LogP contribution in [0.3, 0.4) is 0 Å². The number of carbonyl (C=O) groups excluding carboxylic acids is 1. The first-order valence-electron chi connectivity index (χ1n) is 7.23. The fraction of sp³-hybridized carbons (Fsp3) is 0.0556. The van der Waals surface area contributed by atoms with Crippen LogP contribution < -0.4 is 5.32 Å². The minimum atomic E-state index is -0.684. The molecule has 0 aliphatic heterocycles. The topological polar surface area (TPSA) is 90.9 Å². The summed E-state index contributed by atoms with van der Waals surface area (Å²) in [6, 6.07) is 17.8. The molecule has 3 aromatic rings. The lowest BCUT2D eigenvalue weighted by atomic mass is 10.1. The van der Waals surface area contributed by atoms with Crippen LogP contribution in [0.2, 0.25) is 0 Å². The second kappa shape index (κ2) is 6.26. The van der Waals surface area contributed by atoms with Crippen LogP contribution in [0.1, 0.15) is 5.69 Å². The molecule has 1 amide bonds. The maximum absolute atomic E-state index is 12.3. The highest BCUT2D eigenvalue weighted by Crippen LogP contribution is 2.25. The summed E-state index contributed by atoms with van der Waals surface area (Å²) in [5, 5.41) is 27.3. The Hall–Kier alpha value is -3.59. The summed E-state index contributed by atoms with van der Waals surface area (Å²) in [6.07, 6.45) is 0. The Morgan fingerprint density at radius 1 is 1.17 bits per heavy atom. The number of aliphatic hydroxyl groups is 1. The number of anilines is 1. The molecular formula is C18H14N4O2. The van der Waals surface area contributed by atoms with Crippen LogP contribution in [0.4, 0.5) is 5.69 Å². The van der Waals surface area contributed by atoms with Crippen molar-refractivity contribution in [2.24, 2.45) is 7.05 Å². The summed E-state index contributed by atoms with van der Waals surface area (Å²) in [5.74, 6) is -1.13. The van der Waals surface area contributed by atoms with Crippen LogP contribution in [0.25, 0.3) is 16.7 Å². The van der Waals surface area contributed by atoms with Crippen LogP contribution >= 0.6 is 0 Å². The number of amides is 1. The van der Waals surface area contributed by atoms with Gasteiger partial charge in [0.05, 0.1) is 5.52 Å². The molecule has 0 saturated heterocycles. The Bertz CT molecular complexity index is 981. The van der Waals surface area contributed by atoms with Gasteiger partial charge in [0.2, 0.25) is 0 Å². The number of carbonyl (C=O) groups is 1. The van der Waals surface area contributed by atoms with Gasteiger partial charge in [-0.2, -0.15) is 10.4 Å². The molecule has 6 heteroatoms. The molecule has 2 N–H and O–H groups in total. The molecule has 1 aromatic heterocycles. The van der Waals surface area contributed by atoms with Crippen LogP contribution in [0.5, 0.6) is 0 Å². The van der Waals surface area contributed by atoms with Crippen molar-refractivity contribution >= 4 is 28.3 Å². The molecule has 2 aromatic carbocycles. The SMILES string of the molecule is Cn1nc(/C(O)=C(\C#N)C(=O)Nc2ccccc2)c2ccccc21. The van der Waals surface area contributed by atoms with Crippen molar-refractivity contribution in [3.8, 4) is 6.07 Å². The number of aromatic nitrogens is 2. The molecule has 0 radical (unpaired) electrons.